The molecule has 0 aliphatic rings. The molecule has 70 valence electrons. The van der Waals surface area contributed by atoms with Gasteiger partial charge in [-0.1, -0.05) is 0 Å². The van der Waals surface area contributed by atoms with E-state index in [4.69, 9.17) is 10.8 Å². The third-order valence-electron chi connectivity index (χ3n) is 1.57. The Bertz CT molecular complexity index is 354. The van der Waals surface area contributed by atoms with Gasteiger partial charge in [-0.05, 0) is 28.1 Å². The van der Waals surface area contributed by atoms with E-state index >= 15 is 0 Å². The molecular weight excluding hydrogens is 241 g/mol. The summed E-state index contributed by atoms with van der Waals surface area (Å²) in [6.07, 6.45) is -0.406. The summed E-state index contributed by atoms with van der Waals surface area (Å²) in [5, 5.41) is 8.47. The van der Waals surface area contributed by atoms with E-state index < -0.39 is 18.2 Å². The molecule has 0 heterocycles. The van der Waals surface area contributed by atoms with E-state index in [-0.39, 0.29) is 11.3 Å². The molecule has 0 spiro atoms. The lowest BCUT2D eigenvalue weighted by molar-refractivity contribution is -0.136. The molecule has 0 atom stereocenters. The number of benzene rings is 1. The first-order valence-electron chi connectivity index (χ1n) is 3.46. The van der Waals surface area contributed by atoms with E-state index in [1.165, 1.54) is 12.1 Å². The number of halogens is 2. The molecule has 0 bridgehead atoms. The third-order valence-corrected chi connectivity index (χ3v) is 2.27. The lowest BCUT2D eigenvalue weighted by Gasteiger charge is -2.05. The van der Waals surface area contributed by atoms with Crippen LogP contribution in [0.15, 0.2) is 16.6 Å². The normalized spacial score (nSPS) is 10.0. The maximum atomic E-state index is 13.0. The maximum absolute atomic E-state index is 13.0. The third kappa shape index (κ3) is 2.18. The molecule has 0 fully saturated rings. The fraction of sp³-hybridized carbons (Fsp3) is 0.125. The molecule has 1 aromatic carbocycles. The first kappa shape index (κ1) is 9.98. The molecule has 0 aliphatic heterocycles. The standard InChI is InChI=1S/C8H7BrFNO2/c9-5-1-2-6(10)4(8(5)11)3-7(12)13/h1-2H,3,11H2,(H,12,13). The van der Waals surface area contributed by atoms with E-state index in [0.29, 0.717) is 4.47 Å². The number of hydrogen-bond donors (Lipinski definition) is 2. The monoisotopic (exact) mass is 247 g/mol. The molecule has 0 radical (unpaired) electrons. The first-order valence-corrected chi connectivity index (χ1v) is 4.26. The molecule has 0 aromatic heterocycles. The van der Waals surface area contributed by atoms with Gasteiger partial charge in [0.15, 0.2) is 0 Å². The number of rotatable bonds is 2. The van der Waals surface area contributed by atoms with Crippen molar-refractivity contribution in [3.63, 3.8) is 0 Å². The van der Waals surface area contributed by atoms with E-state index in [9.17, 15) is 9.18 Å². The van der Waals surface area contributed by atoms with Gasteiger partial charge in [-0.2, -0.15) is 0 Å². The zero-order chi connectivity index (χ0) is 10.0. The average Bonchev–Trinajstić information content (AvgIpc) is 2.05. The van der Waals surface area contributed by atoms with E-state index in [0.717, 1.165) is 0 Å². The highest BCUT2D eigenvalue weighted by atomic mass is 79.9. The number of hydrogen-bond acceptors (Lipinski definition) is 2. The van der Waals surface area contributed by atoms with Crippen LogP contribution >= 0.6 is 15.9 Å². The fourth-order valence-corrected chi connectivity index (χ4v) is 1.31. The molecular formula is C8H7BrFNO2. The highest BCUT2D eigenvalue weighted by molar-refractivity contribution is 9.10. The Morgan fingerprint density at radius 2 is 2.23 bits per heavy atom. The van der Waals surface area contributed by atoms with Crippen LogP contribution in [0.25, 0.3) is 0 Å². The Hall–Kier alpha value is -1.10. The van der Waals surface area contributed by atoms with Crippen LogP contribution in [0.3, 0.4) is 0 Å². The van der Waals surface area contributed by atoms with Crippen molar-refractivity contribution < 1.29 is 14.3 Å². The molecule has 0 saturated heterocycles. The summed E-state index contributed by atoms with van der Waals surface area (Å²) in [7, 11) is 0. The maximum Gasteiger partial charge on any atom is 0.308 e. The lowest BCUT2D eigenvalue weighted by atomic mass is 10.1. The minimum absolute atomic E-state index is 0.0156. The average molecular weight is 248 g/mol. The second-order valence-corrected chi connectivity index (χ2v) is 3.35. The van der Waals surface area contributed by atoms with Gasteiger partial charge in [0.1, 0.15) is 5.82 Å². The van der Waals surface area contributed by atoms with Crippen molar-refractivity contribution in [1.29, 1.82) is 0 Å². The molecule has 0 saturated carbocycles. The molecule has 0 amide bonds. The SMILES string of the molecule is Nc1c(Br)ccc(F)c1CC(=O)O. The summed E-state index contributed by atoms with van der Waals surface area (Å²) in [6.45, 7) is 0. The largest absolute Gasteiger partial charge is 0.481 e. The van der Waals surface area contributed by atoms with Crippen molar-refractivity contribution in [2.45, 2.75) is 6.42 Å². The van der Waals surface area contributed by atoms with Gasteiger partial charge in [0.05, 0.1) is 12.1 Å². The van der Waals surface area contributed by atoms with Crippen LogP contribution in [-0.2, 0) is 11.2 Å². The number of carboxylic acid groups (broad SMARTS) is 1. The highest BCUT2D eigenvalue weighted by Gasteiger charge is 2.12. The Morgan fingerprint density at radius 1 is 1.62 bits per heavy atom. The van der Waals surface area contributed by atoms with Crippen molar-refractivity contribution in [3.8, 4) is 0 Å². The van der Waals surface area contributed by atoms with E-state index in [1.54, 1.807) is 0 Å². The van der Waals surface area contributed by atoms with Crippen LogP contribution in [0.5, 0.6) is 0 Å². The quantitative estimate of drug-likeness (QED) is 0.784. The molecule has 0 unspecified atom stereocenters. The summed E-state index contributed by atoms with van der Waals surface area (Å²) in [6, 6.07) is 2.62. The predicted molar refractivity (Wildman–Crippen MR) is 49.9 cm³/mol. The van der Waals surface area contributed by atoms with E-state index in [1.807, 2.05) is 0 Å². The number of aliphatic carboxylic acids is 1. The van der Waals surface area contributed by atoms with Gasteiger partial charge in [-0.25, -0.2) is 4.39 Å². The van der Waals surface area contributed by atoms with Crippen molar-refractivity contribution in [1.82, 2.24) is 0 Å². The van der Waals surface area contributed by atoms with Gasteiger partial charge < -0.3 is 10.8 Å². The van der Waals surface area contributed by atoms with Gasteiger partial charge in [0, 0.05) is 10.0 Å². The lowest BCUT2D eigenvalue weighted by Crippen LogP contribution is -2.06. The summed E-state index contributed by atoms with van der Waals surface area (Å²) < 4.78 is 13.5. The number of carboxylic acids is 1. The summed E-state index contributed by atoms with van der Waals surface area (Å²) in [4.78, 5) is 10.3. The zero-order valence-electron chi connectivity index (χ0n) is 6.55. The molecule has 5 heteroatoms. The Morgan fingerprint density at radius 3 is 2.77 bits per heavy atom. The van der Waals surface area contributed by atoms with Crippen LogP contribution in [-0.4, -0.2) is 11.1 Å². The van der Waals surface area contributed by atoms with Crippen LogP contribution < -0.4 is 5.73 Å². The number of anilines is 1. The Labute approximate surface area is 82.5 Å². The van der Waals surface area contributed by atoms with Gasteiger partial charge in [0.25, 0.3) is 0 Å². The molecule has 3 nitrogen and oxygen atoms in total. The van der Waals surface area contributed by atoms with Crippen molar-refractivity contribution >= 4 is 27.6 Å². The molecule has 3 N–H and O–H groups in total. The second-order valence-electron chi connectivity index (χ2n) is 2.49. The smallest absolute Gasteiger partial charge is 0.308 e. The topological polar surface area (TPSA) is 63.3 Å². The number of nitrogens with two attached hydrogens (primary N) is 1. The molecule has 13 heavy (non-hydrogen) atoms. The summed E-state index contributed by atoms with van der Waals surface area (Å²) in [5.74, 6) is -1.70. The zero-order valence-corrected chi connectivity index (χ0v) is 8.14. The van der Waals surface area contributed by atoms with E-state index in [2.05, 4.69) is 15.9 Å². The van der Waals surface area contributed by atoms with Crippen LogP contribution in [0.4, 0.5) is 10.1 Å². The van der Waals surface area contributed by atoms with Crippen LogP contribution in [0.1, 0.15) is 5.56 Å². The minimum Gasteiger partial charge on any atom is -0.481 e. The summed E-state index contributed by atoms with van der Waals surface area (Å²) in [5.41, 5.74) is 5.64. The second kappa shape index (κ2) is 3.74. The highest BCUT2D eigenvalue weighted by Crippen LogP contribution is 2.25. The van der Waals surface area contributed by atoms with Gasteiger partial charge in [0.2, 0.25) is 0 Å². The first-order chi connectivity index (χ1) is 6.02. The number of carbonyl (C=O) groups is 1. The predicted octanol–water partition coefficient (Wildman–Crippen LogP) is 1.80. The van der Waals surface area contributed by atoms with Crippen molar-refractivity contribution in [2.75, 3.05) is 5.73 Å². The van der Waals surface area contributed by atoms with Crippen molar-refractivity contribution in [2.24, 2.45) is 0 Å². The van der Waals surface area contributed by atoms with Gasteiger partial charge in [-0.15, -0.1) is 0 Å². The van der Waals surface area contributed by atoms with Gasteiger partial charge in [-0.3, -0.25) is 4.79 Å². The Balaban J connectivity index is 3.17. The molecule has 1 aromatic rings. The summed E-state index contributed by atoms with van der Waals surface area (Å²) >= 11 is 3.09. The fourth-order valence-electron chi connectivity index (χ4n) is 0.940. The Kier molecular flexibility index (Phi) is 2.87. The molecule has 1 rings (SSSR count). The number of nitrogen functional groups attached to an aromatic ring is 1. The minimum atomic E-state index is -1.11. The van der Waals surface area contributed by atoms with Gasteiger partial charge >= 0.3 is 5.97 Å². The van der Waals surface area contributed by atoms with Crippen LogP contribution in [0, 0.1) is 5.82 Å². The molecule has 0 aliphatic carbocycles. The van der Waals surface area contributed by atoms with Crippen LogP contribution in [0.2, 0.25) is 0 Å². The van der Waals surface area contributed by atoms with Crippen molar-refractivity contribution in [3.05, 3.63) is 28.0 Å².